The van der Waals surface area contributed by atoms with Gasteiger partial charge in [0.15, 0.2) is 0 Å². The Hall–Kier alpha value is -2.33. The highest BCUT2D eigenvalue weighted by atomic mass is 35.5. The monoisotopic (exact) mass is 435 g/mol. The minimum atomic E-state index is -0.417. The number of carbonyl (C=O) groups excluding carboxylic acids is 2. The summed E-state index contributed by atoms with van der Waals surface area (Å²) in [6, 6.07) is 7.78. The number of thiol groups is 1. The van der Waals surface area contributed by atoms with E-state index in [-0.39, 0.29) is 40.2 Å². The third-order valence-corrected chi connectivity index (χ3v) is 5.28. The number of phenolic OH excluding ortho intramolecular Hbond substituents is 1. The number of amides is 2. The van der Waals surface area contributed by atoms with Crippen molar-refractivity contribution in [2.45, 2.75) is 24.3 Å². The number of rotatable bonds is 6. The first kappa shape index (κ1) is 21.4. The summed E-state index contributed by atoms with van der Waals surface area (Å²) >= 11 is 10.3. The number of nitrogens with one attached hydrogen (secondary N) is 2. The number of halogens is 1. The van der Waals surface area contributed by atoms with Gasteiger partial charge in [0, 0.05) is 30.6 Å². The van der Waals surface area contributed by atoms with Gasteiger partial charge in [0.25, 0.3) is 11.8 Å². The lowest BCUT2D eigenvalue weighted by Crippen LogP contribution is -2.45. The van der Waals surface area contributed by atoms with Gasteiger partial charge in [-0.2, -0.15) is 12.6 Å². The molecule has 1 aromatic carbocycles. The third kappa shape index (κ3) is 5.60. The molecule has 1 aliphatic rings. The van der Waals surface area contributed by atoms with E-state index < -0.39 is 5.91 Å². The average molecular weight is 436 g/mol. The molecule has 1 aromatic heterocycles. The standard InChI is InChI=1S/C19H22ClN5O3S/c20-15-5-11(1-4-17(15)26)7-24-18(27)12-2-3-16(23-8-12)19(28)25(21)10-13-6-14(29)9-22-13/h1-5,8,13-14,22,26,29H,6-7,9-10,21H2,(H,24,27)/t13-,14-/m0/s1. The lowest BCUT2D eigenvalue weighted by atomic mass is 10.2. The Morgan fingerprint density at radius 1 is 1.38 bits per heavy atom. The van der Waals surface area contributed by atoms with E-state index in [4.69, 9.17) is 17.4 Å². The molecule has 2 atom stereocenters. The van der Waals surface area contributed by atoms with Crippen molar-refractivity contribution in [2.75, 3.05) is 13.1 Å². The summed E-state index contributed by atoms with van der Waals surface area (Å²) in [7, 11) is 0. The van der Waals surface area contributed by atoms with Gasteiger partial charge in [-0.25, -0.2) is 5.84 Å². The van der Waals surface area contributed by atoms with Gasteiger partial charge in [-0.05, 0) is 36.2 Å². The molecule has 5 N–H and O–H groups in total. The summed E-state index contributed by atoms with van der Waals surface area (Å²) < 4.78 is 0. The highest BCUT2D eigenvalue weighted by Gasteiger charge is 2.25. The Labute approximate surface area is 178 Å². The number of hydrogen-bond acceptors (Lipinski definition) is 7. The van der Waals surface area contributed by atoms with Crippen LogP contribution < -0.4 is 16.5 Å². The summed E-state index contributed by atoms with van der Waals surface area (Å²) in [6.07, 6.45) is 2.17. The largest absolute Gasteiger partial charge is 0.506 e. The van der Waals surface area contributed by atoms with Crippen LogP contribution in [0.5, 0.6) is 5.75 Å². The second-order valence-electron chi connectivity index (χ2n) is 6.85. The third-order valence-electron chi connectivity index (χ3n) is 4.59. The molecule has 8 nitrogen and oxygen atoms in total. The summed E-state index contributed by atoms with van der Waals surface area (Å²) in [5.74, 6) is 5.10. The fourth-order valence-corrected chi connectivity index (χ4v) is 3.57. The van der Waals surface area contributed by atoms with Crippen LogP contribution in [0.4, 0.5) is 0 Å². The lowest BCUT2D eigenvalue weighted by Gasteiger charge is -2.20. The molecule has 1 aliphatic heterocycles. The fraction of sp³-hybridized carbons (Fsp3) is 0.316. The van der Waals surface area contributed by atoms with Crippen LogP contribution in [0, 0.1) is 0 Å². The normalized spacial score (nSPS) is 18.4. The van der Waals surface area contributed by atoms with Crippen LogP contribution in [0.15, 0.2) is 36.5 Å². The molecule has 3 rings (SSSR count). The van der Waals surface area contributed by atoms with E-state index in [1.165, 1.54) is 24.4 Å². The van der Waals surface area contributed by atoms with E-state index in [0.717, 1.165) is 23.5 Å². The predicted octanol–water partition coefficient (Wildman–Crippen LogP) is 1.35. The van der Waals surface area contributed by atoms with Crippen LogP contribution in [-0.4, -0.2) is 51.3 Å². The number of benzene rings is 1. The Balaban J connectivity index is 1.55. The molecule has 0 spiro atoms. The molecule has 2 aromatic rings. The molecule has 0 unspecified atom stereocenters. The molecule has 154 valence electrons. The van der Waals surface area contributed by atoms with Gasteiger partial charge in [-0.1, -0.05) is 17.7 Å². The molecule has 0 radical (unpaired) electrons. The summed E-state index contributed by atoms with van der Waals surface area (Å²) in [4.78, 5) is 28.8. The highest BCUT2D eigenvalue weighted by Crippen LogP contribution is 2.23. The number of hydrogen-bond donors (Lipinski definition) is 5. The van der Waals surface area contributed by atoms with Crippen molar-refractivity contribution >= 4 is 36.0 Å². The minimum Gasteiger partial charge on any atom is -0.506 e. The second kappa shape index (κ2) is 9.45. The van der Waals surface area contributed by atoms with Crippen LogP contribution in [0.3, 0.4) is 0 Å². The van der Waals surface area contributed by atoms with Gasteiger partial charge in [0.2, 0.25) is 0 Å². The molecule has 0 saturated carbocycles. The SMILES string of the molecule is NN(C[C@@H]1C[C@H](S)CN1)C(=O)c1ccc(C(=O)NCc2ccc(O)c(Cl)c2)cn1. The Bertz CT molecular complexity index is 896. The summed E-state index contributed by atoms with van der Waals surface area (Å²) in [5, 5.41) is 17.0. The van der Waals surface area contributed by atoms with E-state index in [2.05, 4.69) is 28.2 Å². The van der Waals surface area contributed by atoms with Crippen LogP contribution in [0.2, 0.25) is 5.02 Å². The Morgan fingerprint density at radius 3 is 2.79 bits per heavy atom. The number of carbonyl (C=O) groups is 2. The van der Waals surface area contributed by atoms with E-state index >= 15 is 0 Å². The molecular formula is C19H22ClN5O3S. The fourth-order valence-electron chi connectivity index (χ4n) is 3.00. The van der Waals surface area contributed by atoms with Gasteiger partial charge in [-0.15, -0.1) is 0 Å². The van der Waals surface area contributed by atoms with Gasteiger partial charge in [0.05, 0.1) is 17.1 Å². The van der Waals surface area contributed by atoms with Crippen molar-refractivity contribution in [1.29, 1.82) is 0 Å². The predicted molar refractivity (Wildman–Crippen MR) is 113 cm³/mol. The van der Waals surface area contributed by atoms with Gasteiger partial charge >= 0.3 is 0 Å². The number of nitrogens with zero attached hydrogens (tertiary/aromatic N) is 2. The van der Waals surface area contributed by atoms with Crippen molar-refractivity contribution in [3.8, 4) is 5.75 Å². The molecule has 1 fully saturated rings. The Kier molecular flexibility index (Phi) is 6.96. The molecular weight excluding hydrogens is 414 g/mol. The molecule has 0 aliphatic carbocycles. The van der Waals surface area contributed by atoms with Crippen LogP contribution >= 0.6 is 24.2 Å². The van der Waals surface area contributed by atoms with Crippen molar-refractivity contribution < 1.29 is 14.7 Å². The molecule has 29 heavy (non-hydrogen) atoms. The smallest absolute Gasteiger partial charge is 0.286 e. The van der Waals surface area contributed by atoms with Gasteiger partial charge in [0.1, 0.15) is 11.4 Å². The Morgan fingerprint density at radius 2 is 2.17 bits per heavy atom. The lowest BCUT2D eigenvalue weighted by molar-refractivity contribution is 0.0735. The maximum atomic E-state index is 12.4. The van der Waals surface area contributed by atoms with Crippen molar-refractivity contribution in [2.24, 2.45) is 5.84 Å². The number of pyridine rings is 1. The van der Waals surface area contributed by atoms with Crippen molar-refractivity contribution in [3.63, 3.8) is 0 Å². The summed E-state index contributed by atoms with van der Waals surface area (Å²) in [6.45, 7) is 1.37. The topological polar surface area (TPSA) is 121 Å². The maximum Gasteiger partial charge on any atom is 0.286 e. The molecule has 10 heteroatoms. The molecule has 2 heterocycles. The zero-order chi connectivity index (χ0) is 21.0. The zero-order valence-corrected chi connectivity index (χ0v) is 17.2. The van der Waals surface area contributed by atoms with E-state index in [0.29, 0.717) is 12.1 Å². The molecule has 2 amide bonds. The van der Waals surface area contributed by atoms with Crippen LogP contribution in [-0.2, 0) is 6.54 Å². The number of hydrazine groups is 1. The number of phenols is 1. The van der Waals surface area contributed by atoms with Crippen molar-refractivity contribution in [1.82, 2.24) is 20.6 Å². The number of nitrogens with two attached hydrogens (primary N) is 1. The van der Waals surface area contributed by atoms with E-state index in [1.54, 1.807) is 12.1 Å². The number of aromatic hydroxyl groups is 1. The second-order valence-corrected chi connectivity index (χ2v) is 7.99. The minimum absolute atomic E-state index is 0.0192. The van der Waals surface area contributed by atoms with E-state index in [9.17, 15) is 14.7 Å². The first-order valence-corrected chi connectivity index (χ1v) is 9.92. The van der Waals surface area contributed by atoms with Gasteiger partial charge < -0.3 is 15.7 Å². The average Bonchev–Trinajstić information content (AvgIpc) is 3.12. The zero-order valence-electron chi connectivity index (χ0n) is 15.5. The van der Waals surface area contributed by atoms with Gasteiger partial charge in [-0.3, -0.25) is 19.6 Å². The van der Waals surface area contributed by atoms with Crippen molar-refractivity contribution in [3.05, 3.63) is 58.4 Å². The first-order chi connectivity index (χ1) is 13.8. The van der Waals surface area contributed by atoms with Crippen LogP contribution in [0.25, 0.3) is 0 Å². The quantitative estimate of drug-likeness (QED) is 0.202. The van der Waals surface area contributed by atoms with E-state index in [1.807, 2.05) is 0 Å². The summed E-state index contributed by atoms with van der Waals surface area (Å²) in [5.41, 5.74) is 1.21. The van der Waals surface area contributed by atoms with Crippen LogP contribution in [0.1, 0.15) is 32.8 Å². The molecule has 1 saturated heterocycles. The maximum absolute atomic E-state index is 12.4. The number of aromatic nitrogens is 1. The first-order valence-electron chi connectivity index (χ1n) is 9.03. The molecule has 0 bridgehead atoms. The highest BCUT2D eigenvalue weighted by molar-refractivity contribution is 7.81.